The number of benzene rings is 1. The van der Waals surface area contributed by atoms with Crippen molar-refractivity contribution < 1.29 is 22.7 Å². The van der Waals surface area contributed by atoms with Crippen molar-refractivity contribution in [2.45, 2.75) is 18.9 Å². The third-order valence-electron chi connectivity index (χ3n) is 6.17. The summed E-state index contributed by atoms with van der Waals surface area (Å²) in [6, 6.07) is 7.61. The highest BCUT2D eigenvalue weighted by atomic mass is 32.2. The summed E-state index contributed by atoms with van der Waals surface area (Å²) in [6.45, 7) is 3.01. The van der Waals surface area contributed by atoms with Gasteiger partial charge in [0, 0.05) is 56.9 Å². The zero-order valence-corrected chi connectivity index (χ0v) is 17.4. The highest BCUT2D eigenvalue weighted by Gasteiger charge is 2.43. The molecule has 3 heterocycles. The Morgan fingerprint density at radius 2 is 1.93 bits per heavy atom. The topological polar surface area (TPSA) is 87.2 Å². The zero-order chi connectivity index (χ0) is 20.6. The number of ether oxygens (including phenoxy) is 1. The number of hydrogen-bond donors (Lipinski definition) is 0. The SMILES string of the molecule is COc1cccc(N2CCN(C(=O)[C@@H]3CC(=O)N([C@H]4CCS(=O)(=O)C4)C3)CC2)c1. The summed E-state index contributed by atoms with van der Waals surface area (Å²) in [5, 5.41) is 0. The second-order valence-electron chi connectivity index (χ2n) is 8.02. The summed E-state index contributed by atoms with van der Waals surface area (Å²) in [6.07, 6.45) is 0.666. The Morgan fingerprint density at radius 1 is 1.17 bits per heavy atom. The second-order valence-corrected chi connectivity index (χ2v) is 10.2. The van der Waals surface area contributed by atoms with Gasteiger partial charge in [0.2, 0.25) is 11.8 Å². The molecule has 0 aliphatic carbocycles. The predicted octanol–water partition coefficient (Wildman–Crippen LogP) is 0.379. The minimum atomic E-state index is -3.06. The van der Waals surface area contributed by atoms with Crippen LogP contribution in [0, 0.1) is 5.92 Å². The lowest BCUT2D eigenvalue weighted by atomic mass is 10.1. The lowest BCUT2D eigenvalue weighted by molar-refractivity contribution is -0.136. The molecular formula is C20H27N3O5S. The lowest BCUT2D eigenvalue weighted by Gasteiger charge is -2.37. The van der Waals surface area contributed by atoms with Gasteiger partial charge in [-0.15, -0.1) is 0 Å². The molecule has 29 heavy (non-hydrogen) atoms. The van der Waals surface area contributed by atoms with E-state index >= 15 is 0 Å². The fraction of sp³-hybridized carbons (Fsp3) is 0.600. The third-order valence-corrected chi connectivity index (χ3v) is 7.92. The maximum atomic E-state index is 13.0. The molecule has 158 valence electrons. The first kappa shape index (κ1) is 20.0. The van der Waals surface area contributed by atoms with Gasteiger partial charge in [-0.3, -0.25) is 9.59 Å². The van der Waals surface area contributed by atoms with Crippen molar-refractivity contribution in [2.75, 3.05) is 56.2 Å². The van der Waals surface area contributed by atoms with E-state index in [4.69, 9.17) is 4.74 Å². The fourth-order valence-electron chi connectivity index (χ4n) is 4.52. The molecular weight excluding hydrogens is 394 g/mol. The summed E-state index contributed by atoms with van der Waals surface area (Å²) >= 11 is 0. The number of nitrogens with zero attached hydrogens (tertiary/aromatic N) is 3. The van der Waals surface area contributed by atoms with Crippen LogP contribution < -0.4 is 9.64 Å². The number of anilines is 1. The summed E-state index contributed by atoms with van der Waals surface area (Å²) in [5.41, 5.74) is 1.07. The van der Waals surface area contributed by atoms with E-state index in [2.05, 4.69) is 4.90 Å². The number of carbonyl (C=O) groups excluding carboxylic acids is 2. The normalized spacial score (nSPS) is 26.8. The fourth-order valence-corrected chi connectivity index (χ4v) is 6.25. The lowest BCUT2D eigenvalue weighted by Crippen LogP contribution is -2.50. The van der Waals surface area contributed by atoms with E-state index in [1.54, 1.807) is 12.0 Å². The highest BCUT2D eigenvalue weighted by Crippen LogP contribution is 2.28. The van der Waals surface area contributed by atoms with Crippen LogP contribution in [0.5, 0.6) is 5.75 Å². The average molecular weight is 422 g/mol. The van der Waals surface area contributed by atoms with Crippen molar-refractivity contribution in [1.29, 1.82) is 0 Å². The Labute approximate surface area is 171 Å². The smallest absolute Gasteiger partial charge is 0.228 e. The van der Waals surface area contributed by atoms with Crippen LogP contribution in [0.4, 0.5) is 5.69 Å². The number of amides is 2. The van der Waals surface area contributed by atoms with Gasteiger partial charge in [0.05, 0.1) is 24.5 Å². The van der Waals surface area contributed by atoms with Crippen LogP contribution in [-0.4, -0.2) is 87.4 Å². The Morgan fingerprint density at radius 3 is 2.59 bits per heavy atom. The Balaban J connectivity index is 1.33. The van der Waals surface area contributed by atoms with Gasteiger partial charge in [0.15, 0.2) is 9.84 Å². The van der Waals surface area contributed by atoms with E-state index in [1.807, 2.05) is 29.2 Å². The number of hydrogen-bond acceptors (Lipinski definition) is 6. The minimum Gasteiger partial charge on any atom is -0.497 e. The summed E-state index contributed by atoms with van der Waals surface area (Å²) < 4.78 is 28.7. The zero-order valence-electron chi connectivity index (χ0n) is 16.6. The van der Waals surface area contributed by atoms with Gasteiger partial charge in [0.25, 0.3) is 0 Å². The van der Waals surface area contributed by atoms with E-state index in [1.165, 1.54) is 0 Å². The molecule has 3 saturated heterocycles. The number of carbonyl (C=O) groups is 2. The summed E-state index contributed by atoms with van der Waals surface area (Å²) in [5.74, 6) is 0.506. The maximum Gasteiger partial charge on any atom is 0.228 e. The van der Waals surface area contributed by atoms with Crippen LogP contribution in [-0.2, 0) is 19.4 Å². The van der Waals surface area contributed by atoms with E-state index in [-0.39, 0.29) is 41.7 Å². The molecule has 8 nitrogen and oxygen atoms in total. The number of rotatable bonds is 4. The van der Waals surface area contributed by atoms with Gasteiger partial charge in [-0.05, 0) is 18.6 Å². The molecule has 4 rings (SSSR count). The van der Waals surface area contributed by atoms with Crippen molar-refractivity contribution >= 4 is 27.3 Å². The van der Waals surface area contributed by atoms with Gasteiger partial charge in [0.1, 0.15) is 5.75 Å². The number of methoxy groups -OCH3 is 1. The van der Waals surface area contributed by atoms with Gasteiger partial charge in [-0.1, -0.05) is 6.07 Å². The molecule has 0 radical (unpaired) electrons. The van der Waals surface area contributed by atoms with Crippen LogP contribution in [0.3, 0.4) is 0 Å². The molecule has 2 atom stereocenters. The largest absolute Gasteiger partial charge is 0.497 e. The van der Waals surface area contributed by atoms with Gasteiger partial charge in [-0.25, -0.2) is 8.42 Å². The first-order chi connectivity index (χ1) is 13.9. The quantitative estimate of drug-likeness (QED) is 0.699. The third kappa shape index (κ3) is 4.19. The number of likely N-dealkylation sites (tertiary alicyclic amines) is 1. The first-order valence-electron chi connectivity index (χ1n) is 10.0. The van der Waals surface area contributed by atoms with Crippen molar-refractivity contribution in [3.8, 4) is 5.75 Å². The van der Waals surface area contributed by atoms with Gasteiger partial charge < -0.3 is 19.4 Å². The Hall–Kier alpha value is -2.29. The molecule has 0 saturated carbocycles. The van der Waals surface area contributed by atoms with Crippen molar-refractivity contribution in [2.24, 2.45) is 5.92 Å². The van der Waals surface area contributed by atoms with Crippen LogP contribution in [0.2, 0.25) is 0 Å². The number of piperazine rings is 1. The van der Waals surface area contributed by atoms with Crippen LogP contribution in [0.15, 0.2) is 24.3 Å². The molecule has 1 aromatic rings. The van der Waals surface area contributed by atoms with E-state index in [0.717, 1.165) is 24.5 Å². The molecule has 0 spiro atoms. The molecule has 3 fully saturated rings. The molecule has 9 heteroatoms. The number of sulfone groups is 1. The molecule has 2 amide bonds. The first-order valence-corrected chi connectivity index (χ1v) is 11.9. The van der Waals surface area contributed by atoms with Crippen molar-refractivity contribution in [3.63, 3.8) is 0 Å². The standard InChI is InChI=1S/C20H27N3O5S/c1-28-18-4-2-3-16(12-18)21-6-8-22(9-7-21)20(25)15-11-19(24)23(13-15)17-5-10-29(26,27)14-17/h2-4,12,15,17H,5-11,13-14H2,1H3/t15-,17+/m1/s1. The second kappa shape index (κ2) is 7.85. The summed E-state index contributed by atoms with van der Waals surface area (Å²) in [4.78, 5) is 31.1. The van der Waals surface area contributed by atoms with Crippen molar-refractivity contribution in [1.82, 2.24) is 9.80 Å². The Bertz CT molecular complexity index is 895. The van der Waals surface area contributed by atoms with Crippen molar-refractivity contribution in [3.05, 3.63) is 24.3 Å². The highest BCUT2D eigenvalue weighted by molar-refractivity contribution is 7.91. The maximum absolute atomic E-state index is 13.0. The van der Waals surface area contributed by atoms with Crippen LogP contribution in [0.25, 0.3) is 0 Å². The van der Waals surface area contributed by atoms with E-state index in [9.17, 15) is 18.0 Å². The predicted molar refractivity (Wildman–Crippen MR) is 109 cm³/mol. The monoisotopic (exact) mass is 421 g/mol. The molecule has 3 aliphatic rings. The molecule has 0 aromatic heterocycles. The molecule has 0 bridgehead atoms. The van der Waals surface area contributed by atoms with Gasteiger partial charge >= 0.3 is 0 Å². The average Bonchev–Trinajstić information content (AvgIpc) is 3.29. The molecule has 0 N–H and O–H groups in total. The molecule has 1 aromatic carbocycles. The molecule has 0 unspecified atom stereocenters. The van der Waals surface area contributed by atoms with Crippen LogP contribution in [0.1, 0.15) is 12.8 Å². The van der Waals surface area contributed by atoms with E-state index < -0.39 is 9.84 Å². The molecule has 3 aliphatic heterocycles. The van der Waals surface area contributed by atoms with E-state index in [0.29, 0.717) is 26.1 Å². The minimum absolute atomic E-state index is 0.00648. The van der Waals surface area contributed by atoms with Gasteiger partial charge in [-0.2, -0.15) is 0 Å². The van der Waals surface area contributed by atoms with Crippen LogP contribution >= 0.6 is 0 Å². The summed E-state index contributed by atoms with van der Waals surface area (Å²) in [7, 11) is -1.41. The Kier molecular flexibility index (Phi) is 5.42.